The fraction of sp³-hybridized carbons (Fsp3) is 0.333. The summed E-state index contributed by atoms with van der Waals surface area (Å²) in [6, 6.07) is 4.95. The van der Waals surface area contributed by atoms with Crippen LogP contribution in [-0.2, 0) is 6.42 Å². The van der Waals surface area contributed by atoms with Crippen molar-refractivity contribution in [3.63, 3.8) is 0 Å². The largest absolute Gasteiger partial charge is 0.504 e. The van der Waals surface area contributed by atoms with E-state index in [1.54, 1.807) is 6.07 Å². The van der Waals surface area contributed by atoms with Gasteiger partial charge in [-0.15, -0.1) is 6.58 Å². The smallest absolute Gasteiger partial charge is 0.157 e. The van der Waals surface area contributed by atoms with Gasteiger partial charge in [-0.3, -0.25) is 0 Å². The molecule has 0 unspecified atom stereocenters. The molecule has 0 fully saturated rings. The molecule has 0 saturated heterocycles. The van der Waals surface area contributed by atoms with Gasteiger partial charge < -0.3 is 10.2 Å². The molecular formula is C12H16O2. The summed E-state index contributed by atoms with van der Waals surface area (Å²) in [4.78, 5) is 0. The first-order valence-corrected chi connectivity index (χ1v) is 4.75. The van der Waals surface area contributed by atoms with Gasteiger partial charge in [0.15, 0.2) is 11.5 Å². The van der Waals surface area contributed by atoms with Crippen LogP contribution in [0.1, 0.15) is 25.3 Å². The fourth-order valence-electron chi connectivity index (χ4n) is 1.32. The highest BCUT2D eigenvalue weighted by molar-refractivity contribution is 5.40. The third-order valence-electron chi connectivity index (χ3n) is 2.11. The number of aryl methyl sites for hydroxylation is 1. The zero-order chi connectivity index (χ0) is 10.6. The third-order valence-corrected chi connectivity index (χ3v) is 2.11. The third kappa shape index (κ3) is 3.13. The van der Waals surface area contributed by atoms with Crippen molar-refractivity contribution in [2.24, 2.45) is 0 Å². The summed E-state index contributed by atoms with van der Waals surface area (Å²) in [5, 5.41) is 18.3. The first-order valence-electron chi connectivity index (χ1n) is 4.75. The molecule has 2 heteroatoms. The summed E-state index contributed by atoms with van der Waals surface area (Å²) >= 11 is 0. The molecule has 0 aliphatic carbocycles. The maximum Gasteiger partial charge on any atom is 0.157 e. The molecule has 1 rings (SSSR count). The molecule has 2 nitrogen and oxygen atoms in total. The minimum atomic E-state index is -0.0614. The fourth-order valence-corrected chi connectivity index (χ4v) is 1.32. The molecule has 1 aromatic rings. The van der Waals surface area contributed by atoms with E-state index in [9.17, 15) is 5.11 Å². The molecular weight excluding hydrogens is 176 g/mol. The molecule has 2 N–H and O–H groups in total. The number of aromatic hydroxyl groups is 2. The Labute approximate surface area is 84.5 Å². The lowest BCUT2D eigenvalue weighted by Crippen LogP contribution is -1.85. The van der Waals surface area contributed by atoms with E-state index < -0.39 is 0 Å². The van der Waals surface area contributed by atoms with Crippen molar-refractivity contribution in [1.29, 1.82) is 0 Å². The van der Waals surface area contributed by atoms with Gasteiger partial charge in [0.05, 0.1) is 0 Å². The topological polar surface area (TPSA) is 40.5 Å². The van der Waals surface area contributed by atoms with Gasteiger partial charge in [-0.2, -0.15) is 0 Å². The molecule has 0 bridgehead atoms. The number of phenolic OH excluding ortho intramolecular Hbond substituents is 2. The van der Waals surface area contributed by atoms with Crippen LogP contribution in [0.5, 0.6) is 11.5 Å². The standard InChI is InChI=1S/C12H16O2/c1-9(2)4-3-5-10-6-7-11(13)12(14)8-10/h6-8,13-14H,1,3-5H2,2H3. The van der Waals surface area contributed by atoms with Crippen molar-refractivity contribution in [3.8, 4) is 11.5 Å². The molecule has 0 aromatic heterocycles. The van der Waals surface area contributed by atoms with Gasteiger partial charge in [0.2, 0.25) is 0 Å². The van der Waals surface area contributed by atoms with Crippen LogP contribution >= 0.6 is 0 Å². The Morgan fingerprint density at radius 2 is 2.00 bits per heavy atom. The van der Waals surface area contributed by atoms with Crippen LogP contribution in [0.2, 0.25) is 0 Å². The SMILES string of the molecule is C=C(C)CCCc1ccc(O)c(O)c1. The van der Waals surface area contributed by atoms with Gasteiger partial charge in [-0.05, 0) is 43.9 Å². The predicted octanol–water partition coefficient (Wildman–Crippen LogP) is 3.00. The molecule has 0 heterocycles. The average Bonchev–Trinajstić information content (AvgIpc) is 2.10. The van der Waals surface area contributed by atoms with E-state index in [1.807, 2.05) is 13.0 Å². The van der Waals surface area contributed by atoms with Crippen LogP contribution < -0.4 is 0 Å². The van der Waals surface area contributed by atoms with Crippen LogP contribution in [0.4, 0.5) is 0 Å². The summed E-state index contributed by atoms with van der Waals surface area (Å²) < 4.78 is 0. The minimum absolute atomic E-state index is 0.0437. The molecule has 0 aliphatic heterocycles. The lowest BCUT2D eigenvalue weighted by molar-refractivity contribution is 0.403. The van der Waals surface area contributed by atoms with Gasteiger partial charge in [-0.25, -0.2) is 0 Å². The highest BCUT2D eigenvalue weighted by Gasteiger charge is 2.00. The van der Waals surface area contributed by atoms with Crippen molar-refractivity contribution in [2.75, 3.05) is 0 Å². The lowest BCUT2D eigenvalue weighted by Gasteiger charge is -2.03. The number of phenols is 2. The number of benzene rings is 1. The summed E-state index contributed by atoms with van der Waals surface area (Å²) in [5.74, 6) is -0.105. The monoisotopic (exact) mass is 192 g/mol. The molecule has 0 saturated carbocycles. The normalized spacial score (nSPS) is 10.1. The van der Waals surface area contributed by atoms with E-state index in [0.29, 0.717) is 0 Å². The van der Waals surface area contributed by atoms with E-state index in [4.69, 9.17) is 5.11 Å². The zero-order valence-corrected chi connectivity index (χ0v) is 8.45. The highest BCUT2D eigenvalue weighted by Crippen LogP contribution is 2.25. The van der Waals surface area contributed by atoms with E-state index in [0.717, 1.165) is 24.8 Å². The van der Waals surface area contributed by atoms with Crippen molar-refractivity contribution < 1.29 is 10.2 Å². The second-order valence-electron chi connectivity index (χ2n) is 3.63. The summed E-state index contributed by atoms with van der Waals surface area (Å²) in [7, 11) is 0. The number of hydrogen-bond acceptors (Lipinski definition) is 2. The molecule has 0 spiro atoms. The molecule has 0 atom stereocenters. The van der Waals surface area contributed by atoms with Crippen LogP contribution in [0, 0.1) is 0 Å². The molecule has 0 radical (unpaired) electrons. The van der Waals surface area contributed by atoms with Gasteiger partial charge in [0.1, 0.15) is 0 Å². The Bertz CT molecular complexity index is 329. The van der Waals surface area contributed by atoms with Crippen molar-refractivity contribution in [2.45, 2.75) is 26.2 Å². The first-order chi connectivity index (χ1) is 6.59. The van der Waals surface area contributed by atoms with Gasteiger partial charge in [-0.1, -0.05) is 11.6 Å². The van der Waals surface area contributed by atoms with E-state index in [2.05, 4.69) is 6.58 Å². The van der Waals surface area contributed by atoms with E-state index >= 15 is 0 Å². The van der Waals surface area contributed by atoms with Crippen molar-refractivity contribution in [1.82, 2.24) is 0 Å². The minimum Gasteiger partial charge on any atom is -0.504 e. The molecule has 1 aromatic carbocycles. The van der Waals surface area contributed by atoms with Crippen LogP contribution in [-0.4, -0.2) is 10.2 Å². The van der Waals surface area contributed by atoms with Gasteiger partial charge >= 0.3 is 0 Å². The number of allylic oxidation sites excluding steroid dienone is 1. The molecule has 0 amide bonds. The molecule has 76 valence electrons. The second kappa shape index (κ2) is 4.70. The van der Waals surface area contributed by atoms with Gasteiger partial charge in [0, 0.05) is 0 Å². The van der Waals surface area contributed by atoms with Gasteiger partial charge in [0.25, 0.3) is 0 Å². The number of hydrogen-bond donors (Lipinski definition) is 2. The van der Waals surface area contributed by atoms with E-state index in [-0.39, 0.29) is 11.5 Å². The second-order valence-corrected chi connectivity index (χ2v) is 3.63. The lowest BCUT2D eigenvalue weighted by atomic mass is 10.1. The summed E-state index contributed by atoms with van der Waals surface area (Å²) in [5.41, 5.74) is 2.22. The maximum absolute atomic E-state index is 9.24. The molecule has 0 aliphatic rings. The number of rotatable bonds is 4. The van der Waals surface area contributed by atoms with E-state index in [1.165, 1.54) is 11.6 Å². The maximum atomic E-state index is 9.24. The van der Waals surface area contributed by atoms with Crippen LogP contribution in [0.3, 0.4) is 0 Å². The Morgan fingerprint density at radius 1 is 1.29 bits per heavy atom. The quantitative estimate of drug-likeness (QED) is 0.568. The van der Waals surface area contributed by atoms with Crippen molar-refractivity contribution in [3.05, 3.63) is 35.9 Å². The first kappa shape index (κ1) is 10.6. The predicted molar refractivity (Wildman–Crippen MR) is 57.5 cm³/mol. The Morgan fingerprint density at radius 3 is 2.57 bits per heavy atom. The highest BCUT2D eigenvalue weighted by atomic mass is 16.3. The summed E-state index contributed by atoms with van der Waals surface area (Å²) in [6.07, 6.45) is 2.93. The Hall–Kier alpha value is -1.44. The van der Waals surface area contributed by atoms with Crippen LogP contribution in [0.15, 0.2) is 30.4 Å². The van der Waals surface area contributed by atoms with Crippen molar-refractivity contribution >= 4 is 0 Å². The zero-order valence-electron chi connectivity index (χ0n) is 8.45. The Balaban J connectivity index is 2.51. The molecule has 14 heavy (non-hydrogen) atoms. The Kier molecular flexibility index (Phi) is 3.57. The average molecular weight is 192 g/mol. The van der Waals surface area contributed by atoms with Crippen LogP contribution in [0.25, 0.3) is 0 Å². The summed E-state index contributed by atoms with van der Waals surface area (Å²) in [6.45, 7) is 5.84.